The molecule has 1 aliphatic heterocycles. The highest BCUT2D eigenvalue weighted by Crippen LogP contribution is 2.42. The number of carbonyl (C=O) groups is 1. The summed E-state index contributed by atoms with van der Waals surface area (Å²) in [6.45, 7) is 4.45. The van der Waals surface area contributed by atoms with E-state index in [-0.39, 0.29) is 24.6 Å². The fourth-order valence-electron chi connectivity index (χ4n) is 4.09. The Balaban J connectivity index is 1.64. The van der Waals surface area contributed by atoms with Gasteiger partial charge in [0.1, 0.15) is 12.4 Å². The third-order valence-corrected chi connectivity index (χ3v) is 7.70. The lowest BCUT2D eigenvalue weighted by molar-refractivity contribution is -0.116. The van der Waals surface area contributed by atoms with Gasteiger partial charge in [-0.25, -0.2) is 8.42 Å². The van der Waals surface area contributed by atoms with Crippen molar-refractivity contribution in [1.82, 2.24) is 5.32 Å². The molecule has 0 unspecified atom stereocenters. The van der Waals surface area contributed by atoms with Crippen LogP contribution in [0, 0.1) is 0 Å². The first-order valence-electron chi connectivity index (χ1n) is 11.4. The number of anilines is 1. The molecule has 0 radical (unpaired) electrons. The molecule has 0 atom stereocenters. The predicted octanol–water partition coefficient (Wildman–Crippen LogP) is 4.37. The van der Waals surface area contributed by atoms with E-state index in [1.54, 1.807) is 19.1 Å². The molecule has 0 bridgehead atoms. The Morgan fingerprint density at radius 1 is 0.912 bits per heavy atom. The summed E-state index contributed by atoms with van der Waals surface area (Å²) in [6.07, 6.45) is 0.946. The fourth-order valence-corrected chi connectivity index (χ4v) is 5.86. The maximum absolute atomic E-state index is 13.6. The summed E-state index contributed by atoms with van der Waals surface area (Å²) in [7, 11) is -4.06. The molecule has 0 spiro atoms. The summed E-state index contributed by atoms with van der Waals surface area (Å²) in [5, 5.41) is 2.75. The molecule has 0 saturated heterocycles. The van der Waals surface area contributed by atoms with Crippen LogP contribution in [0.15, 0.2) is 83.8 Å². The van der Waals surface area contributed by atoms with Crippen LogP contribution in [0.4, 0.5) is 5.69 Å². The minimum absolute atomic E-state index is 0.170. The van der Waals surface area contributed by atoms with Gasteiger partial charge in [0.25, 0.3) is 15.9 Å². The highest BCUT2D eigenvalue weighted by molar-refractivity contribution is 7.97. The number of amides is 1. The molecular weight excluding hydrogens is 448 g/mol. The number of carbonyl (C=O) groups excluding carboxylic acids is 1. The van der Waals surface area contributed by atoms with Crippen LogP contribution >= 0.6 is 0 Å². The van der Waals surface area contributed by atoms with E-state index in [0.717, 1.165) is 6.42 Å². The molecule has 3 aromatic carbocycles. The first-order valence-corrected chi connectivity index (χ1v) is 12.8. The van der Waals surface area contributed by atoms with Crippen molar-refractivity contribution in [3.05, 3.63) is 100 Å². The van der Waals surface area contributed by atoms with Gasteiger partial charge < -0.3 is 10.1 Å². The molecule has 6 nitrogen and oxygen atoms in total. The number of ether oxygens (including phenoxy) is 1. The number of fused-ring (bicyclic) bond motifs is 1. The topological polar surface area (TPSA) is 75.7 Å². The number of para-hydroxylation sites is 1. The van der Waals surface area contributed by atoms with Gasteiger partial charge in [-0.1, -0.05) is 67.6 Å². The number of rotatable bonds is 8. The van der Waals surface area contributed by atoms with E-state index >= 15 is 0 Å². The highest BCUT2D eigenvalue weighted by atomic mass is 32.2. The quantitative estimate of drug-likeness (QED) is 0.490. The van der Waals surface area contributed by atoms with Crippen molar-refractivity contribution in [3.8, 4) is 5.75 Å². The molecule has 1 amide bonds. The van der Waals surface area contributed by atoms with E-state index in [1.807, 2.05) is 66.7 Å². The van der Waals surface area contributed by atoms with Crippen molar-refractivity contribution in [1.29, 1.82) is 0 Å². The molecule has 3 aromatic rings. The Labute approximate surface area is 200 Å². The molecule has 1 heterocycles. The van der Waals surface area contributed by atoms with Crippen LogP contribution in [0.25, 0.3) is 5.57 Å². The lowest BCUT2D eigenvalue weighted by Crippen LogP contribution is -2.42. The zero-order valence-corrected chi connectivity index (χ0v) is 20.1. The first-order chi connectivity index (χ1) is 16.5. The SMILES string of the molecule is CCc1ccc(OCCNC(=O)C2=C(c3ccccc3)c3ccccc3N(CC)S2(=O)=O)cc1. The van der Waals surface area contributed by atoms with Crippen LogP contribution in [0.2, 0.25) is 0 Å². The lowest BCUT2D eigenvalue weighted by atomic mass is 9.95. The van der Waals surface area contributed by atoms with Crippen LogP contribution in [-0.4, -0.2) is 34.0 Å². The van der Waals surface area contributed by atoms with Crippen LogP contribution in [-0.2, 0) is 21.2 Å². The number of nitrogens with one attached hydrogen (secondary N) is 1. The molecule has 0 saturated carbocycles. The fraction of sp³-hybridized carbons (Fsp3) is 0.222. The van der Waals surface area contributed by atoms with Crippen molar-refractivity contribution in [2.75, 3.05) is 24.0 Å². The summed E-state index contributed by atoms with van der Waals surface area (Å²) in [4.78, 5) is 13.1. The number of hydrogen-bond donors (Lipinski definition) is 1. The van der Waals surface area contributed by atoms with E-state index in [9.17, 15) is 13.2 Å². The zero-order chi connectivity index (χ0) is 24.1. The third-order valence-electron chi connectivity index (χ3n) is 5.76. The van der Waals surface area contributed by atoms with Gasteiger partial charge in [-0.2, -0.15) is 0 Å². The van der Waals surface area contributed by atoms with Crippen molar-refractivity contribution >= 4 is 27.2 Å². The molecule has 0 fully saturated rings. The van der Waals surface area contributed by atoms with Gasteiger partial charge in [0.2, 0.25) is 0 Å². The predicted molar refractivity (Wildman–Crippen MR) is 135 cm³/mol. The number of aryl methyl sites for hydroxylation is 1. The second kappa shape index (κ2) is 10.1. The van der Waals surface area contributed by atoms with Crippen LogP contribution < -0.4 is 14.4 Å². The summed E-state index contributed by atoms with van der Waals surface area (Å²) in [5.41, 5.74) is 3.58. The number of sulfonamides is 1. The van der Waals surface area contributed by atoms with Crippen molar-refractivity contribution < 1.29 is 17.9 Å². The smallest absolute Gasteiger partial charge is 0.270 e. The van der Waals surface area contributed by atoms with Gasteiger partial charge in [0.15, 0.2) is 4.91 Å². The minimum Gasteiger partial charge on any atom is -0.492 e. The maximum atomic E-state index is 13.6. The molecule has 1 aliphatic rings. The average molecular weight is 477 g/mol. The molecule has 1 N–H and O–H groups in total. The average Bonchev–Trinajstić information content (AvgIpc) is 2.86. The molecule has 4 rings (SSSR count). The number of benzene rings is 3. The summed E-state index contributed by atoms with van der Waals surface area (Å²) >= 11 is 0. The Morgan fingerprint density at radius 2 is 1.59 bits per heavy atom. The van der Waals surface area contributed by atoms with Crippen LogP contribution in [0.5, 0.6) is 5.75 Å². The second-order valence-corrected chi connectivity index (χ2v) is 9.66. The monoisotopic (exact) mass is 476 g/mol. The normalized spacial score (nSPS) is 14.5. The van der Waals surface area contributed by atoms with Gasteiger partial charge >= 0.3 is 0 Å². The lowest BCUT2D eigenvalue weighted by Gasteiger charge is -2.32. The van der Waals surface area contributed by atoms with E-state index in [2.05, 4.69) is 12.2 Å². The summed E-state index contributed by atoms with van der Waals surface area (Å²) < 4.78 is 34.2. The van der Waals surface area contributed by atoms with Crippen molar-refractivity contribution in [3.63, 3.8) is 0 Å². The van der Waals surface area contributed by atoms with E-state index in [1.165, 1.54) is 9.87 Å². The van der Waals surface area contributed by atoms with E-state index < -0.39 is 15.9 Å². The first kappa shape index (κ1) is 23.6. The molecular formula is C27H28N2O4S. The largest absolute Gasteiger partial charge is 0.492 e. The Morgan fingerprint density at radius 3 is 2.26 bits per heavy atom. The van der Waals surface area contributed by atoms with Gasteiger partial charge in [0.05, 0.1) is 12.2 Å². The minimum atomic E-state index is -4.06. The maximum Gasteiger partial charge on any atom is 0.270 e. The number of nitrogens with zero attached hydrogens (tertiary/aromatic N) is 1. The summed E-state index contributed by atoms with van der Waals surface area (Å²) in [5.74, 6) is 0.0590. The highest BCUT2D eigenvalue weighted by Gasteiger charge is 2.40. The second-order valence-electron chi connectivity index (χ2n) is 7.86. The number of hydrogen-bond acceptors (Lipinski definition) is 4. The van der Waals surface area contributed by atoms with E-state index in [4.69, 9.17) is 4.74 Å². The Hall–Kier alpha value is -3.58. The van der Waals surface area contributed by atoms with E-state index in [0.29, 0.717) is 28.1 Å². The van der Waals surface area contributed by atoms with Crippen molar-refractivity contribution in [2.24, 2.45) is 0 Å². The van der Waals surface area contributed by atoms with Gasteiger partial charge in [-0.05, 0) is 42.7 Å². The van der Waals surface area contributed by atoms with Crippen molar-refractivity contribution in [2.45, 2.75) is 20.3 Å². The van der Waals surface area contributed by atoms with Gasteiger partial charge in [0, 0.05) is 17.7 Å². The summed E-state index contributed by atoms with van der Waals surface area (Å²) in [6, 6.07) is 24.2. The Bertz CT molecular complexity index is 1300. The molecule has 0 aliphatic carbocycles. The molecule has 34 heavy (non-hydrogen) atoms. The van der Waals surface area contributed by atoms with Crippen LogP contribution in [0.1, 0.15) is 30.5 Å². The molecule has 176 valence electrons. The Kier molecular flexibility index (Phi) is 7.03. The standard InChI is InChI=1S/C27H28N2O4S/c1-3-20-14-16-22(17-15-20)33-19-18-28-27(30)26-25(21-10-6-5-7-11-21)23-12-8-9-13-24(23)29(4-2)34(26,31)32/h5-17H,3-4,18-19H2,1-2H3,(H,28,30). The molecule has 0 aromatic heterocycles. The van der Waals surface area contributed by atoms with Crippen LogP contribution in [0.3, 0.4) is 0 Å². The van der Waals surface area contributed by atoms with Gasteiger partial charge in [-0.3, -0.25) is 9.10 Å². The molecule has 7 heteroatoms. The third kappa shape index (κ3) is 4.56. The zero-order valence-electron chi connectivity index (χ0n) is 19.3. The van der Waals surface area contributed by atoms with Gasteiger partial charge in [-0.15, -0.1) is 0 Å².